The van der Waals surface area contributed by atoms with Crippen molar-refractivity contribution in [3.8, 4) is 0 Å². The summed E-state index contributed by atoms with van der Waals surface area (Å²) in [5.41, 5.74) is 7.36. The highest BCUT2D eigenvalue weighted by atomic mass is 35.5. The average Bonchev–Trinajstić information content (AvgIpc) is 2.33. The summed E-state index contributed by atoms with van der Waals surface area (Å²) in [4.78, 5) is 12.1. The molecule has 0 atom stereocenters. The van der Waals surface area contributed by atoms with E-state index in [1.165, 1.54) is 6.42 Å². The van der Waals surface area contributed by atoms with E-state index in [0.29, 0.717) is 6.54 Å². The topological polar surface area (TPSA) is 55.1 Å². The quantitative estimate of drug-likeness (QED) is 0.882. The molecule has 1 aromatic rings. The van der Waals surface area contributed by atoms with E-state index in [2.05, 4.69) is 12.2 Å². The number of hydrogen-bond donors (Lipinski definition) is 2. The molecule has 1 aromatic carbocycles. The van der Waals surface area contributed by atoms with Gasteiger partial charge in [0.25, 0.3) is 5.91 Å². The van der Waals surface area contributed by atoms with Gasteiger partial charge in [0.15, 0.2) is 0 Å². The van der Waals surface area contributed by atoms with Gasteiger partial charge in [0, 0.05) is 17.6 Å². The summed E-state index contributed by atoms with van der Waals surface area (Å²) in [5.74, 6) is 0.0371. The summed E-state index contributed by atoms with van der Waals surface area (Å²) >= 11 is 0. The Bertz CT molecular complexity index is 393. The normalized spacial score (nSPS) is 16.3. The molecular formula is C14H21ClN2O. The number of rotatable bonds is 4. The van der Waals surface area contributed by atoms with Crippen LogP contribution >= 0.6 is 12.4 Å². The summed E-state index contributed by atoms with van der Waals surface area (Å²) in [6.07, 6.45) is 4.45. The monoisotopic (exact) mass is 268 g/mol. The second-order valence-electron chi connectivity index (χ2n) is 4.84. The summed E-state index contributed by atoms with van der Waals surface area (Å²) in [5, 5.41) is 3.16. The molecule has 0 bridgehead atoms. The predicted octanol–water partition coefficient (Wildman–Crippen LogP) is 2.63. The zero-order chi connectivity index (χ0) is 12.3. The first-order valence-electron chi connectivity index (χ1n) is 6.31. The van der Waals surface area contributed by atoms with Crippen molar-refractivity contribution in [3.63, 3.8) is 0 Å². The number of carbonyl (C=O) groups is 1. The van der Waals surface area contributed by atoms with Crippen LogP contribution < -0.4 is 11.1 Å². The number of amides is 1. The number of nitrogens with one attached hydrogen (secondary N) is 1. The standard InChI is InChI=1S/C14H20N2O.ClH/c1-2-14(8-3-9-14)16-13(17)12-6-4-11(10-15)5-7-12;/h4-7H,2-3,8-10,15H2,1H3,(H,16,17);1H. The highest BCUT2D eigenvalue weighted by Gasteiger charge is 2.36. The van der Waals surface area contributed by atoms with Crippen LogP contribution in [0.2, 0.25) is 0 Å². The molecule has 100 valence electrons. The Hall–Kier alpha value is -1.06. The van der Waals surface area contributed by atoms with Crippen LogP contribution in [0.1, 0.15) is 48.5 Å². The molecule has 0 aromatic heterocycles. The van der Waals surface area contributed by atoms with Crippen LogP contribution in [-0.2, 0) is 6.54 Å². The third-order valence-electron chi connectivity index (χ3n) is 3.82. The zero-order valence-electron chi connectivity index (χ0n) is 10.7. The molecular weight excluding hydrogens is 248 g/mol. The Morgan fingerprint density at radius 1 is 1.33 bits per heavy atom. The van der Waals surface area contributed by atoms with Crippen molar-refractivity contribution in [2.45, 2.75) is 44.7 Å². The molecule has 1 saturated carbocycles. The lowest BCUT2D eigenvalue weighted by molar-refractivity contribution is 0.0820. The van der Waals surface area contributed by atoms with Gasteiger partial charge in [-0.3, -0.25) is 4.79 Å². The van der Waals surface area contributed by atoms with Gasteiger partial charge in [0.05, 0.1) is 0 Å². The van der Waals surface area contributed by atoms with Crippen LogP contribution in [0.5, 0.6) is 0 Å². The number of benzene rings is 1. The van der Waals surface area contributed by atoms with E-state index in [9.17, 15) is 4.79 Å². The summed E-state index contributed by atoms with van der Waals surface area (Å²) in [6, 6.07) is 7.52. The van der Waals surface area contributed by atoms with Gasteiger partial charge in [-0.05, 0) is 43.4 Å². The van der Waals surface area contributed by atoms with Gasteiger partial charge in [0.1, 0.15) is 0 Å². The minimum absolute atomic E-state index is 0. The third-order valence-corrected chi connectivity index (χ3v) is 3.82. The van der Waals surface area contributed by atoms with Gasteiger partial charge in [-0.1, -0.05) is 19.1 Å². The Kier molecular flexibility index (Phi) is 5.17. The minimum Gasteiger partial charge on any atom is -0.347 e. The van der Waals surface area contributed by atoms with Crippen LogP contribution in [0.3, 0.4) is 0 Å². The fourth-order valence-electron chi connectivity index (χ4n) is 2.28. The summed E-state index contributed by atoms with van der Waals surface area (Å²) in [7, 11) is 0. The van der Waals surface area contributed by atoms with Gasteiger partial charge >= 0.3 is 0 Å². The van der Waals surface area contributed by atoms with Crippen molar-refractivity contribution in [3.05, 3.63) is 35.4 Å². The molecule has 1 fully saturated rings. The first-order valence-corrected chi connectivity index (χ1v) is 6.31. The SMILES string of the molecule is CCC1(NC(=O)c2ccc(CN)cc2)CCC1.Cl. The van der Waals surface area contributed by atoms with E-state index in [-0.39, 0.29) is 23.9 Å². The highest BCUT2D eigenvalue weighted by molar-refractivity contribution is 5.94. The van der Waals surface area contributed by atoms with Gasteiger partial charge in [-0.25, -0.2) is 0 Å². The number of carbonyl (C=O) groups excluding carboxylic acids is 1. The maximum atomic E-state index is 12.1. The van der Waals surface area contributed by atoms with Crippen molar-refractivity contribution in [2.75, 3.05) is 0 Å². The average molecular weight is 269 g/mol. The Labute approximate surface area is 115 Å². The molecule has 18 heavy (non-hydrogen) atoms. The van der Waals surface area contributed by atoms with Crippen molar-refractivity contribution >= 4 is 18.3 Å². The smallest absolute Gasteiger partial charge is 0.251 e. The molecule has 0 heterocycles. The molecule has 1 aliphatic carbocycles. The Balaban J connectivity index is 0.00000162. The molecule has 1 amide bonds. The third kappa shape index (κ3) is 3.03. The molecule has 3 N–H and O–H groups in total. The van der Waals surface area contributed by atoms with Crippen molar-refractivity contribution in [1.82, 2.24) is 5.32 Å². The van der Waals surface area contributed by atoms with E-state index in [1.54, 1.807) is 0 Å². The molecule has 0 saturated heterocycles. The maximum absolute atomic E-state index is 12.1. The molecule has 0 aliphatic heterocycles. The Morgan fingerprint density at radius 3 is 2.33 bits per heavy atom. The van der Waals surface area contributed by atoms with E-state index in [4.69, 9.17) is 5.73 Å². The highest BCUT2D eigenvalue weighted by Crippen LogP contribution is 2.34. The number of halogens is 1. The van der Waals surface area contributed by atoms with E-state index >= 15 is 0 Å². The summed E-state index contributed by atoms with van der Waals surface area (Å²) < 4.78 is 0. The fourth-order valence-corrected chi connectivity index (χ4v) is 2.28. The summed E-state index contributed by atoms with van der Waals surface area (Å²) in [6.45, 7) is 2.65. The van der Waals surface area contributed by atoms with Gasteiger partial charge in [0.2, 0.25) is 0 Å². The lowest BCUT2D eigenvalue weighted by Crippen LogP contribution is -2.52. The molecule has 0 spiro atoms. The number of nitrogens with two attached hydrogens (primary N) is 1. The molecule has 1 aliphatic rings. The largest absolute Gasteiger partial charge is 0.347 e. The molecule has 4 heteroatoms. The minimum atomic E-state index is 0. The second kappa shape index (κ2) is 6.21. The van der Waals surface area contributed by atoms with Crippen molar-refractivity contribution in [1.29, 1.82) is 0 Å². The zero-order valence-corrected chi connectivity index (χ0v) is 11.6. The van der Waals surface area contributed by atoms with Gasteiger partial charge < -0.3 is 11.1 Å². The molecule has 2 rings (SSSR count). The maximum Gasteiger partial charge on any atom is 0.251 e. The first-order chi connectivity index (χ1) is 8.19. The fraction of sp³-hybridized carbons (Fsp3) is 0.500. The molecule has 0 radical (unpaired) electrons. The van der Waals surface area contributed by atoms with Crippen LogP contribution in [0.25, 0.3) is 0 Å². The second-order valence-corrected chi connectivity index (χ2v) is 4.84. The van der Waals surface area contributed by atoms with Crippen LogP contribution in [-0.4, -0.2) is 11.4 Å². The van der Waals surface area contributed by atoms with Gasteiger partial charge in [-0.2, -0.15) is 0 Å². The van der Waals surface area contributed by atoms with Crippen molar-refractivity contribution < 1.29 is 4.79 Å². The first kappa shape index (κ1) is 15.0. The van der Waals surface area contributed by atoms with Crippen LogP contribution in [0, 0.1) is 0 Å². The van der Waals surface area contributed by atoms with Gasteiger partial charge in [-0.15, -0.1) is 12.4 Å². The molecule has 3 nitrogen and oxygen atoms in total. The Morgan fingerprint density at radius 2 is 1.94 bits per heavy atom. The lowest BCUT2D eigenvalue weighted by Gasteiger charge is -2.42. The van der Waals surface area contributed by atoms with E-state index < -0.39 is 0 Å². The lowest BCUT2D eigenvalue weighted by atomic mass is 9.74. The predicted molar refractivity (Wildman–Crippen MR) is 75.9 cm³/mol. The van der Waals surface area contributed by atoms with Crippen molar-refractivity contribution in [2.24, 2.45) is 5.73 Å². The number of hydrogen-bond acceptors (Lipinski definition) is 2. The molecule has 0 unspecified atom stereocenters. The van der Waals surface area contributed by atoms with E-state index in [0.717, 1.165) is 30.4 Å². The van der Waals surface area contributed by atoms with Crippen LogP contribution in [0.4, 0.5) is 0 Å². The van der Waals surface area contributed by atoms with E-state index in [1.807, 2.05) is 24.3 Å². The van der Waals surface area contributed by atoms with Crippen LogP contribution in [0.15, 0.2) is 24.3 Å².